The Labute approximate surface area is 209 Å². The summed E-state index contributed by atoms with van der Waals surface area (Å²) < 4.78 is 7.24. The first kappa shape index (κ1) is 22.6. The monoisotopic (exact) mass is 479 g/mol. The number of amides is 1. The van der Waals surface area contributed by atoms with E-state index in [1.54, 1.807) is 12.1 Å². The number of hydrogen-bond acceptors (Lipinski definition) is 4. The highest BCUT2D eigenvalue weighted by Gasteiger charge is 2.23. The zero-order valence-electron chi connectivity index (χ0n) is 20.2. The van der Waals surface area contributed by atoms with E-state index in [1.807, 2.05) is 39.8 Å². The van der Waals surface area contributed by atoms with Crippen molar-refractivity contribution in [3.8, 4) is 0 Å². The molecule has 2 aromatic heterocycles. The molecule has 6 nitrogen and oxygen atoms in total. The Hall–Kier alpha value is -3.90. The van der Waals surface area contributed by atoms with Crippen LogP contribution in [0, 0.1) is 0 Å². The van der Waals surface area contributed by atoms with Crippen LogP contribution in [0.3, 0.4) is 0 Å². The highest BCUT2D eigenvalue weighted by molar-refractivity contribution is 6.15. The molecule has 0 radical (unpaired) electrons. The third-order valence-electron chi connectivity index (χ3n) is 7.36. The van der Waals surface area contributed by atoms with Gasteiger partial charge in [-0.1, -0.05) is 54.6 Å². The molecule has 0 saturated carbocycles. The highest BCUT2D eigenvalue weighted by atomic mass is 16.3. The summed E-state index contributed by atoms with van der Waals surface area (Å²) in [5.41, 5.74) is 1.11. The number of fused-ring (bicyclic) bond motifs is 5. The van der Waals surface area contributed by atoms with Crippen LogP contribution in [0.25, 0.3) is 32.4 Å². The number of pyridine rings is 1. The maximum atomic E-state index is 13.6. The number of hydrogen-bond donors (Lipinski definition) is 0. The lowest BCUT2D eigenvalue weighted by Gasteiger charge is -2.34. The molecule has 0 bridgehead atoms. The van der Waals surface area contributed by atoms with Gasteiger partial charge in [-0.3, -0.25) is 14.5 Å². The van der Waals surface area contributed by atoms with Gasteiger partial charge in [0, 0.05) is 48.9 Å². The number of rotatable bonds is 6. The number of piperazine rings is 1. The number of unbranched alkanes of at least 4 members (excludes halogenated alkanes) is 1. The predicted molar refractivity (Wildman–Crippen MR) is 144 cm³/mol. The molecule has 6 heteroatoms. The molecule has 5 aromatic rings. The van der Waals surface area contributed by atoms with E-state index < -0.39 is 0 Å². The van der Waals surface area contributed by atoms with E-state index in [2.05, 4.69) is 35.2 Å². The van der Waals surface area contributed by atoms with Crippen molar-refractivity contribution >= 4 is 38.4 Å². The zero-order valence-corrected chi connectivity index (χ0v) is 20.2. The third kappa shape index (κ3) is 4.07. The van der Waals surface area contributed by atoms with E-state index in [9.17, 15) is 9.59 Å². The maximum absolute atomic E-state index is 13.6. The summed E-state index contributed by atoms with van der Waals surface area (Å²) in [5, 5.41) is 5.19. The Morgan fingerprint density at radius 3 is 2.22 bits per heavy atom. The summed E-state index contributed by atoms with van der Waals surface area (Å²) in [4.78, 5) is 30.3. The molecule has 1 amide bonds. The van der Waals surface area contributed by atoms with Crippen LogP contribution in [-0.2, 0) is 6.54 Å². The normalized spacial score (nSPS) is 14.7. The third-order valence-corrected chi connectivity index (χ3v) is 7.36. The quantitative estimate of drug-likeness (QED) is 0.250. The molecule has 3 aromatic carbocycles. The molecule has 0 N–H and O–H groups in total. The van der Waals surface area contributed by atoms with Crippen molar-refractivity contribution in [2.45, 2.75) is 19.4 Å². The molecule has 0 spiro atoms. The maximum Gasteiger partial charge on any atom is 0.289 e. The lowest BCUT2D eigenvalue weighted by Crippen LogP contribution is -2.48. The lowest BCUT2D eigenvalue weighted by atomic mass is 10.0. The van der Waals surface area contributed by atoms with Gasteiger partial charge in [0.2, 0.25) is 0 Å². The summed E-state index contributed by atoms with van der Waals surface area (Å²) in [6.07, 6.45) is 3.45. The highest BCUT2D eigenvalue weighted by Crippen LogP contribution is 2.29. The summed E-state index contributed by atoms with van der Waals surface area (Å²) in [7, 11) is 0. The zero-order chi connectivity index (χ0) is 24.5. The van der Waals surface area contributed by atoms with E-state index in [0.717, 1.165) is 64.9 Å². The minimum atomic E-state index is -0.0329. The Bertz CT molecular complexity index is 1600. The van der Waals surface area contributed by atoms with Crippen molar-refractivity contribution in [3.05, 3.63) is 95.2 Å². The predicted octanol–water partition coefficient (Wildman–Crippen LogP) is 5.14. The van der Waals surface area contributed by atoms with E-state index in [4.69, 9.17) is 4.42 Å². The first-order valence-electron chi connectivity index (χ1n) is 12.7. The van der Waals surface area contributed by atoms with Crippen LogP contribution in [0.15, 0.2) is 88.3 Å². The van der Waals surface area contributed by atoms with Crippen molar-refractivity contribution < 1.29 is 9.21 Å². The van der Waals surface area contributed by atoms with Crippen LogP contribution in [0.1, 0.15) is 23.4 Å². The van der Waals surface area contributed by atoms with E-state index >= 15 is 0 Å². The Balaban J connectivity index is 1.17. The van der Waals surface area contributed by atoms with Gasteiger partial charge in [-0.25, -0.2) is 0 Å². The fraction of sp³-hybridized carbons (Fsp3) is 0.267. The molecule has 3 heterocycles. The van der Waals surface area contributed by atoms with Crippen molar-refractivity contribution in [1.29, 1.82) is 0 Å². The number of nitrogens with zero attached hydrogens (tertiary/aromatic N) is 3. The Kier molecular flexibility index (Phi) is 6.03. The molecule has 1 saturated heterocycles. The molecular weight excluding hydrogens is 450 g/mol. The minimum absolute atomic E-state index is 0.0329. The summed E-state index contributed by atoms with van der Waals surface area (Å²) in [6, 6.07) is 24.0. The molecule has 6 rings (SSSR count). The second kappa shape index (κ2) is 9.63. The SMILES string of the molecule is O=C(c1ccco1)N1CCN(CCCCn2c(=O)c3ccccc3c3ccc4ccccc4c32)CC1. The number of furan rings is 1. The second-order valence-electron chi connectivity index (χ2n) is 9.50. The van der Waals surface area contributed by atoms with Crippen LogP contribution in [0.2, 0.25) is 0 Å². The average molecular weight is 480 g/mol. The minimum Gasteiger partial charge on any atom is -0.459 e. The first-order chi connectivity index (χ1) is 17.7. The van der Waals surface area contributed by atoms with Gasteiger partial charge >= 0.3 is 0 Å². The number of aromatic nitrogens is 1. The number of carbonyl (C=O) groups is 1. The summed E-state index contributed by atoms with van der Waals surface area (Å²) in [5.74, 6) is 0.374. The van der Waals surface area contributed by atoms with Gasteiger partial charge in [-0.2, -0.15) is 0 Å². The molecule has 0 atom stereocenters. The van der Waals surface area contributed by atoms with E-state index in [-0.39, 0.29) is 11.5 Å². The molecule has 1 fully saturated rings. The van der Waals surface area contributed by atoms with Crippen LogP contribution in [-0.4, -0.2) is 53.0 Å². The van der Waals surface area contributed by atoms with Gasteiger partial charge in [-0.05, 0) is 48.4 Å². The van der Waals surface area contributed by atoms with Crippen molar-refractivity contribution in [2.24, 2.45) is 0 Å². The number of benzene rings is 3. The van der Waals surface area contributed by atoms with Crippen LogP contribution in [0.5, 0.6) is 0 Å². The average Bonchev–Trinajstić information content (AvgIpc) is 3.47. The molecular formula is C30H29N3O3. The van der Waals surface area contributed by atoms with Crippen LogP contribution < -0.4 is 5.56 Å². The standard InChI is InChI=1S/C30H29N3O3/c34-29-26-11-4-3-10-24(26)25-14-13-22-8-1-2-9-23(22)28(25)33(29)16-6-5-15-31-17-19-32(20-18-31)30(35)27-12-7-21-36-27/h1-4,7-14,21H,5-6,15-20H2. The molecule has 0 unspecified atom stereocenters. The number of carbonyl (C=O) groups excluding carboxylic acids is 1. The van der Waals surface area contributed by atoms with Crippen molar-refractivity contribution in [1.82, 2.24) is 14.4 Å². The van der Waals surface area contributed by atoms with Crippen LogP contribution in [0.4, 0.5) is 0 Å². The van der Waals surface area contributed by atoms with Gasteiger partial charge in [0.1, 0.15) is 0 Å². The van der Waals surface area contributed by atoms with Crippen molar-refractivity contribution in [2.75, 3.05) is 32.7 Å². The molecule has 1 aliphatic heterocycles. The lowest BCUT2D eigenvalue weighted by molar-refractivity contribution is 0.0604. The first-order valence-corrected chi connectivity index (χ1v) is 12.7. The molecule has 0 aliphatic carbocycles. The molecule has 1 aliphatic rings. The smallest absolute Gasteiger partial charge is 0.289 e. The van der Waals surface area contributed by atoms with Crippen LogP contribution >= 0.6 is 0 Å². The number of aryl methyl sites for hydroxylation is 1. The van der Waals surface area contributed by atoms with Gasteiger partial charge in [0.05, 0.1) is 11.8 Å². The van der Waals surface area contributed by atoms with Gasteiger partial charge < -0.3 is 13.9 Å². The molecule has 182 valence electrons. The summed E-state index contributed by atoms with van der Waals surface area (Å²) in [6.45, 7) is 4.78. The molecule has 36 heavy (non-hydrogen) atoms. The Morgan fingerprint density at radius 1 is 0.722 bits per heavy atom. The van der Waals surface area contributed by atoms with Gasteiger partial charge in [0.25, 0.3) is 11.5 Å². The van der Waals surface area contributed by atoms with E-state index in [0.29, 0.717) is 25.4 Å². The topological polar surface area (TPSA) is 58.7 Å². The second-order valence-corrected chi connectivity index (χ2v) is 9.50. The fourth-order valence-corrected chi connectivity index (χ4v) is 5.46. The van der Waals surface area contributed by atoms with E-state index in [1.165, 1.54) is 6.26 Å². The summed E-state index contributed by atoms with van der Waals surface area (Å²) >= 11 is 0. The van der Waals surface area contributed by atoms with Gasteiger partial charge in [-0.15, -0.1) is 0 Å². The van der Waals surface area contributed by atoms with Crippen molar-refractivity contribution in [3.63, 3.8) is 0 Å². The van der Waals surface area contributed by atoms with Gasteiger partial charge in [0.15, 0.2) is 5.76 Å². The largest absolute Gasteiger partial charge is 0.459 e. The fourth-order valence-electron chi connectivity index (χ4n) is 5.46. The Morgan fingerprint density at radius 2 is 1.44 bits per heavy atom.